The lowest BCUT2D eigenvalue weighted by atomic mass is 10.2. The van der Waals surface area contributed by atoms with Gasteiger partial charge in [0, 0.05) is 25.8 Å². The SMILES string of the molecule is CCCCNC(=O)OCCNC(CN)c1ccccn1. The lowest BCUT2D eigenvalue weighted by Crippen LogP contribution is -2.33. The number of alkyl carbamates (subject to hydrolysis) is 1. The molecule has 0 fully saturated rings. The molecule has 1 amide bonds. The van der Waals surface area contributed by atoms with Gasteiger partial charge in [-0.1, -0.05) is 19.4 Å². The Morgan fingerprint density at radius 3 is 2.95 bits per heavy atom. The van der Waals surface area contributed by atoms with Crippen LogP contribution >= 0.6 is 0 Å². The van der Waals surface area contributed by atoms with Gasteiger partial charge >= 0.3 is 6.09 Å². The molecule has 1 rings (SSSR count). The van der Waals surface area contributed by atoms with E-state index in [2.05, 4.69) is 22.5 Å². The number of carbonyl (C=O) groups is 1. The molecule has 0 saturated heterocycles. The van der Waals surface area contributed by atoms with Crippen molar-refractivity contribution in [2.45, 2.75) is 25.8 Å². The second-order valence-corrected chi connectivity index (χ2v) is 4.41. The van der Waals surface area contributed by atoms with Crippen molar-refractivity contribution < 1.29 is 9.53 Å². The van der Waals surface area contributed by atoms with E-state index in [-0.39, 0.29) is 12.1 Å². The van der Waals surface area contributed by atoms with E-state index in [0.717, 1.165) is 18.5 Å². The lowest BCUT2D eigenvalue weighted by Gasteiger charge is -2.16. The Morgan fingerprint density at radius 2 is 2.30 bits per heavy atom. The van der Waals surface area contributed by atoms with Crippen LogP contribution in [0.25, 0.3) is 0 Å². The number of unbranched alkanes of at least 4 members (excludes halogenated alkanes) is 1. The first-order valence-corrected chi connectivity index (χ1v) is 7.03. The average molecular weight is 280 g/mol. The zero-order chi connectivity index (χ0) is 14.6. The molecule has 6 nitrogen and oxygen atoms in total. The first-order valence-electron chi connectivity index (χ1n) is 7.03. The minimum atomic E-state index is -0.373. The normalized spacial score (nSPS) is 11.9. The summed E-state index contributed by atoms with van der Waals surface area (Å²) in [6.07, 6.45) is 3.37. The molecule has 1 atom stereocenters. The summed E-state index contributed by atoms with van der Waals surface area (Å²) in [7, 11) is 0. The van der Waals surface area contributed by atoms with E-state index in [1.165, 1.54) is 0 Å². The van der Waals surface area contributed by atoms with Crippen molar-refractivity contribution >= 4 is 6.09 Å². The molecule has 1 aromatic heterocycles. The third kappa shape index (κ3) is 6.49. The molecule has 1 heterocycles. The van der Waals surface area contributed by atoms with Crippen molar-refractivity contribution in [1.29, 1.82) is 0 Å². The molecule has 112 valence electrons. The van der Waals surface area contributed by atoms with E-state index < -0.39 is 0 Å². The standard InChI is InChI=1S/C14H24N4O2/c1-2-3-7-18-14(19)20-10-9-17-13(11-15)12-6-4-5-8-16-12/h4-6,8,13,17H,2-3,7,9-11,15H2,1H3,(H,18,19). The molecule has 6 heteroatoms. The summed E-state index contributed by atoms with van der Waals surface area (Å²) < 4.78 is 5.05. The van der Waals surface area contributed by atoms with Crippen LogP contribution in [0.5, 0.6) is 0 Å². The average Bonchev–Trinajstić information content (AvgIpc) is 2.48. The Balaban J connectivity index is 2.17. The molecular weight excluding hydrogens is 256 g/mol. The van der Waals surface area contributed by atoms with Gasteiger partial charge in [-0.2, -0.15) is 0 Å². The minimum Gasteiger partial charge on any atom is -0.448 e. The number of hydrogen-bond acceptors (Lipinski definition) is 5. The Kier molecular flexibility index (Phi) is 8.33. The van der Waals surface area contributed by atoms with Gasteiger partial charge in [-0.15, -0.1) is 0 Å². The molecule has 0 aliphatic rings. The zero-order valence-electron chi connectivity index (χ0n) is 12.0. The summed E-state index contributed by atoms with van der Waals surface area (Å²) in [5.74, 6) is 0. The third-order valence-corrected chi connectivity index (χ3v) is 2.81. The summed E-state index contributed by atoms with van der Waals surface area (Å²) in [4.78, 5) is 15.6. The molecular formula is C14H24N4O2. The molecule has 0 aromatic carbocycles. The first kappa shape index (κ1) is 16.4. The number of hydrogen-bond donors (Lipinski definition) is 3. The third-order valence-electron chi connectivity index (χ3n) is 2.81. The van der Waals surface area contributed by atoms with Gasteiger partial charge in [-0.3, -0.25) is 4.98 Å². The van der Waals surface area contributed by atoms with E-state index in [9.17, 15) is 4.79 Å². The summed E-state index contributed by atoms with van der Waals surface area (Å²) in [5, 5.41) is 5.91. The number of pyridine rings is 1. The minimum absolute atomic E-state index is 0.0250. The maximum Gasteiger partial charge on any atom is 0.407 e. The highest BCUT2D eigenvalue weighted by molar-refractivity contribution is 5.66. The van der Waals surface area contributed by atoms with Gasteiger partial charge in [0.1, 0.15) is 6.61 Å². The fraction of sp³-hybridized carbons (Fsp3) is 0.571. The summed E-state index contributed by atoms with van der Waals surface area (Å²) in [6.45, 7) is 4.02. The van der Waals surface area contributed by atoms with Crippen LogP contribution in [0.3, 0.4) is 0 Å². The molecule has 0 aliphatic heterocycles. The Labute approximate surface area is 120 Å². The van der Waals surface area contributed by atoms with Gasteiger partial charge in [0.15, 0.2) is 0 Å². The molecule has 0 spiro atoms. The number of aromatic nitrogens is 1. The van der Waals surface area contributed by atoms with Crippen LogP contribution < -0.4 is 16.4 Å². The van der Waals surface area contributed by atoms with E-state index in [0.29, 0.717) is 26.2 Å². The predicted molar refractivity (Wildman–Crippen MR) is 78.3 cm³/mol. The molecule has 4 N–H and O–H groups in total. The van der Waals surface area contributed by atoms with Gasteiger partial charge < -0.3 is 21.1 Å². The van der Waals surface area contributed by atoms with Crippen LogP contribution in [-0.2, 0) is 4.74 Å². The van der Waals surface area contributed by atoms with Gasteiger partial charge in [0.25, 0.3) is 0 Å². The van der Waals surface area contributed by atoms with Crippen molar-refractivity contribution in [1.82, 2.24) is 15.6 Å². The fourth-order valence-corrected chi connectivity index (χ4v) is 1.69. The van der Waals surface area contributed by atoms with E-state index >= 15 is 0 Å². The van der Waals surface area contributed by atoms with Crippen molar-refractivity contribution in [3.63, 3.8) is 0 Å². The Bertz CT molecular complexity index is 373. The summed E-state index contributed by atoms with van der Waals surface area (Å²) in [6, 6.07) is 5.68. The highest BCUT2D eigenvalue weighted by Gasteiger charge is 2.09. The van der Waals surface area contributed by atoms with Crippen molar-refractivity contribution in [3.05, 3.63) is 30.1 Å². The number of amides is 1. The van der Waals surface area contributed by atoms with Crippen LogP contribution in [0.4, 0.5) is 4.79 Å². The molecule has 0 bridgehead atoms. The molecule has 0 aliphatic carbocycles. The highest BCUT2D eigenvalue weighted by Crippen LogP contribution is 2.06. The smallest absolute Gasteiger partial charge is 0.407 e. The molecule has 1 unspecified atom stereocenters. The largest absolute Gasteiger partial charge is 0.448 e. The Morgan fingerprint density at radius 1 is 1.45 bits per heavy atom. The summed E-state index contributed by atoms with van der Waals surface area (Å²) in [5.41, 5.74) is 6.60. The summed E-state index contributed by atoms with van der Waals surface area (Å²) >= 11 is 0. The van der Waals surface area contributed by atoms with Gasteiger partial charge in [-0.25, -0.2) is 4.79 Å². The maximum absolute atomic E-state index is 11.3. The zero-order valence-corrected chi connectivity index (χ0v) is 12.0. The van der Waals surface area contributed by atoms with E-state index in [1.54, 1.807) is 6.20 Å². The van der Waals surface area contributed by atoms with Crippen LogP contribution in [-0.4, -0.2) is 37.3 Å². The second-order valence-electron chi connectivity index (χ2n) is 4.41. The maximum atomic E-state index is 11.3. The molecule has 20 heavy (non-hydrogen) atoms. The number of rotatable bonds is 9. The Hall–Kier alpha value is -1.66. The lowest BCUT2D eigenvalue weighted by molar-refractivity contribution is 0.145. The quantitative estimate of drug-likeness (QED) is 0.591. The monoisotopic (exact) mass is 280 g/mol. The predicted octanol–water partition coefficient (Wildman–Crippen LogP) is 1.20. The molecule has 0 radical (unpaired) electrons. The second kappa shape index (κ2) is 10.2. The van der Waals surface area contributed by atoms with E-state index in [1.807, 2.05) is 18.2 Å². The number of nitrogens with zero attached hydrogens (tertiary/aromatic N) is 1. The van der Waals surface area contributed by atoms with Crippen LogP contribution in [0.2, 0.25) is 0 Å². The number of carbonyl (C=O) groups excluding carboxylic acids is 1. The first-order chi connectivity index (χ1) is 9.77. The van der Waals surface area contributed by atoms with Crippen molar-refractivity contribution in [3.8, 4) is 0 Å². The van der Waals surface area contributed by atoms with Gasteiger partial charge in [0.2, 0.25) is 0 Å². The highest BCUT2D eigenvalue weighted by atomic mass is 16.5. The number of ether oxygens (including phenoxy) is 1. The molecule has 1 aromatic rings. The fourth-order valence-electron chi connectivity index (χ4n) is 1.69. The van der Waals surface area contributed by atoms with Crippen LogP contribution in [0.15, 0.2) is 24.4 Å². The van der Waals surface area contributed by atoms with Gasteiger partial charge in [-0.05, 0) is 18.6 Å². The number of nitrogens with two attached hydrogens (primary N) is 1. The van der Waals surface area contributed by atoms with Crippen molar-refractivity contribution in [2.75, 3.05) is 26.2 Å². The van der Waals surface area contributed by atoms with E-state index in [4.69, 9.17) is 10.5 Å². The topological polar surface area (TPSA) is 89.3 Å². The van der Waals surface area contributed by atoms with Gasteiger partial charge in [0.05, 0.1) is 11.7 Å². The van der Waals surface area contributed by atoms with Crippen molar-refractivity contribution in [2.24, 2.45) is 5.73 Å². The van der Waals surface area contributed by atoms with Crippen LogP contribution in [0, 0.1) is 0 Å². The van der Waals surface area contributed by atoms with Crippen LogP contribution in [0.1, 0.15) is 31.5 Å². The molecule has 0 saturated carbocycles. The number of nitrogens with one attached hydrogen (secondary N) is 2.